The fourth-order valence-electron chi connectivity index (χ4n) is 2.08. The van der Waals surface area contributed by atoms with Crippen LogP contribution in [0.3, 0.4) is 0 Å². The Morgan fingerprint density at radius 3 is 2.70 bits per heavy atom. The summed E-state index contributed by atoms with van der Waals surface area (Å²) in [6.45, 7) is 5.17. The Balaban J connectivity index is 1.68. The van der Waals surface area contributed by atoms with Crippen molar-refractivity contribution < 1.29 is 18.8 Å². The van der Waals surface area contributed by atoms with Gasteiger partial charge < -0.3 is 15.0 Å². The first-order chi connectivity index (χ1) is 9.74. The maximum Gasteiger partial charge on any atom is 0.244 e. The number of carbonyl (C=O) groups excluding carboxylic acids is 1. The summed E-state index contributed by atoms with van der Waals surface area (Å²) in [6.07, 6.45) is 3.15. The van der Waals surface area contributed by atoms with Crippen LogP contribution in [0.2, 0.25) is 0 Å². The lowest BCUT2D eigenvalue weighted by atomic mass is 10.2. The van der Waals surface area contributed by atoms with Gasteiger partial charge in [-0.15, -0.1) is 0 Å². The number of morpholine rings is 1. The van der Waals surface area contributed by atoms with Crippen LogP contribution in [0.15, 0.2) is 30.3 Å². The lowest BCUT2D eigenvalue weighted by Crippen LogP contribution is -3.14. The Kier molecular flexibility index (Phi) is 5.70. The van der Waals surface area contributed by atoms with Crippen LogP contribution in [-0.4, -0.2) is 45.3 Å². The van der Waals surface area contributed by atoms with Gasteiger partial charge in [-0.3, -0.25) is 4.79 Å². The zero-order chi connectivity index (χ0) is 14.2. The molecule has 20 heavy (non-hydrogen) atoms. The van der Waals surface area contributed by atoms with Crippen LogP contribution in [0.4, 0.5) is 4.39 Å². The van der Waals surface area contributed by atoms with E-state index in [1.54, 1.807) is 18.2 Å². The first-order valence-electron chi connectivity index (χ1n) is 6.87. The SMILES string of the molecule is O=C(/C=C/c1ccc(F)cc1)NCC[NH+]1CCOCC1. The Hall–Kier alpha value is -1.72. The molecular weight excluding hydrogens is 259 g/mol. The molecule has 2 N–H and O–H groups in total. The van der Waals surface area contributed by atoms with Crippen molar-refractivity contribution in [2.75, 3.05) is 39.4 Å². The zero-order valence-corrected chi connectivity index (χ0v) is 11.4. The Morgan fingerprint density at radius 1 is 1.30 bits per heavy atom. The van der Waals surface area contributed by atoms with Crippen LogP contribution < -0.4 is 10.2 Å². The second kappa shape index (κ2) is 7.77. The summed E-state index contributed by atoms with van der Waals surface area (Å²) in [5.74, 6) is -0.401. The second-order valence-electron chi connectivity index (χ2n) is 4.79. The number of amides is 1. The van der Waals surface area contributed by atoms with Gasteiger partial charge in [-0.1, -0.05) is 12.1 Å². The van der Waals surface area contributed by atoms with Crippen molar-refractivity contribution in [2.24, 2.45) is 0 Å². The third-order valence-electron chi connectivity index (χ3n) is 3.27. The van der Waals surface area contributed by atoms with Gasteiger partial charge in [0.1, 0.15) is 18.9 Å². The average Bonchev–Trinajstić information content (AvgIpc) is 2.48. The van der Waals surface area contributed by atoms with Crippen molar-refractivity contribution >= 4 is 12.0 Å². The van der Waals surface area contributed by atoms with Crippen molar-refractivity contribution in [3.05, 3.63) is 41.7 Å². The third kappa shape index (κ3) is 5.11. The first kappa shape index (κ1) is 14.7. The molecule has 0 aromatic heterocycles. The van der Waals surface area contributed by atoms with Gasteiger partial charge in [0.2, 0.25) is 5.91 Å². The van der Waals surface area contributed by atoms with Gasteiger partial charge in [0.15, 0.2) is 0 Å². The Morgan fingerprint density at radius 2 is 2.00 bits per heavy atom. The number of halogens is 1. The van der Waals surface area contributed by atoms with E-state index in [0.29, 0.717) is 6.54 Å². The number of nitrogens with one attached hydrogen (secondary N) is 2. The fraction of sp³-hybridized carbons (Fsp3) is 0.400. The fourth-order valence-corrected chi connectivity index (χ4v) is 2.08. The second-order valence-corrected chi connectivity index (χ2v) is 4.79. The van der Waals surface area contributed by atoms with Crippen molar-refractivity contribution in [3.8, 4) is 0 Å². The van der Waals surface area contributed by atoms with E-state index in [-0.39, 0.29) is 11.7 Å². The summed E-state index contributed by atoms with van der Waals surface area (Å²) in [4.78, 5) is 13.1. The number of carbonyl (C=O) groups is 1. The smallest absolute Gasteiger partial charge is 0.244 e. The standard InChI is InChI=1S/C15H19FN2O2/c16-14-4-1-13(2-5-14)3-6-15(19)17-7-8-18-9-11-20-12-10-18/h1-6H,7-12H2,(H,17,19)/p+1/b6-3+. The van der Waals surface area contributed by atoms with E-state index in [0.717, 1.165) is 38.4 Å². The van der Waals surface area contributed by atoms with Gasteiger partial charge in [-0.05, 0) is 23.8 Å². The van der Waals surface area contributed by atoms with E-state index in [9.17, 15) is 9.18 Å². The average molecular weight is 279 g/mol. The molecule has 5 heteroatoms. The van der Waals surface area contributed by atoms with Crippen molar-refractivity contribution in [3.63, 3.8) is 0 Å². The minimum Gasteiger partial charge on any atom is -0.370 e. The van der Waals surface area contributed by atoms with Crippen LogP contribution in [0, 0.1) is 5.82 Å². The van der Waals surface area contributed by atoms with E-state index < -0.39 is 0 Å². The number of quaternary nitrogens is 1. The molecule has 1 aromatic carbocycles. The first-order valence-corrected chi connectivity index (χ1v) is 6.87. The number of benzene rings is 1. The van der Waals surface area contributed by atoms with E-state index in [1.165, 1.54) is 23.1 Å². The molecule has 0 saturated carbocycles. The lowest BCUT2D eigenvalue weighted by Gasteiger charge is -2.23. The van der Waals surface area contributed by atoms with E-state index >= 15 is 0 Å². The molecule has 2 rings (SSSR count). The highest BCUT2D eigenvalue weighted by Gasteiger charge is 2.12. The molecule has 1 aliphatic rings. The zero-order valence-electron chi connectivity index (χ0n) is 11.4. The lowest BCUT2D eigenvalue weighted by molar-refractivity contribution is -0.906. The topological polar surface area (TPSA) is 42.8 Å². The van der Waals surface area contributed by atoms with Crippen LogP contribution in [0.1, 0.15) is 5.56 Å². The molecule has 1 heterocycles. The molecule has 0 atom stereocenters. The number of hydrogen-bond donors (Lipinski definition) is 2. The number of rotatable bonds is 5. The predicted molar refractivity (Wildman–Crippen MR) is 74.8 cm³/mol. The van der Waals surface area contributed by atoms with Crippen molar-refractivity contribution in [1.82, 2.24) is 5.32 Å². The van der Waals surface area contributed by atoms with E-state index in [2.05, 4.69) is 5.32 Å². The summed E-state index contributed by atoms with van der Waals surface area (Å²) >= 11 is 0. The summed E-state index contributed by atoms with van der Waals surface area (Å²) in [5.41, 5.74) is 0.806. The molecule has 4 nitrogen and oxygen atoms in total. The van der Waals surface area contributed by atoms with Crippen molar-refractivity contribution in [1.29, 1.82) is 0 Å². The molecule has 108 valence electrons. The molecule has 0 unspecified atom stereocenters. The summed E-state index contributed by atoms with van der Waals surface area (Å²) < 4.78 is 18.0. The van der Waals surface area contributed by atoms with Gasteiger partial charge in [-0.2, -0.15) is 0 Å². The Labute approximate surface area is 118 Å². The largest absolute Gasteiger partial charge is 0.370 e. The Bertz CT molecular complexity index is 453. The minimum atomic E-state index is -0.278. The van der Waals surface area contributed by atoms with Gasteiger partial charge in [0, 0.05) is 6.08 Å². The molecule has 1 aliphatic heterocycles. The molecule has 1 fully saturated rings. The maximum atomic E-state index is 12.7. The van der Waals surface area contributed by atoms with Gasteiger partial charge in [0.25, 0.3) is 0 Å². The molecule has 1 amide bonds. The normalized spacial score (nSPS) is 16.4. The monoisotopic (exact) mass is 279 g/mol. The van der Waals surface area contributed by atoms with Gasteiger partial charge in [-0.25, -0.2) is 4.39 Å². The quantitative estimate of drug-likeness (QED) is 0.738. The highest BCUT2D eigenvalue weighted by Crippen LogP contribution is 2.04. The van der Waals surface area contributed by atoms with Crippen LogP contribution in [0.5, 0.6) is 0 Å². The molecular formula is C15H20FN2O2+. The van der Waals surface area contributed by atoms with Crippen molar-refractivity contribution in [2.45, 2.75) is 0 Å². The summed E-state index contributed by atoms with van der Waals surface area (Å²) in [5, 5.41) is 2.85. The van der Waals surface area contributed by atoms with Gasteiger partial charge in [0.05, 0.1) is 26.3 Å². The highest BCUT2D eigenvalue weighted by atomic mass is 19.1. The van der Waals surface area contributed by atoms with Crippen LogP contribution in [-0.2, 0) is 9.53 Å². The van der Waals surface area contributed by atoms with E-state index in [4.69, 9.17) is 4.74 Å². The highest BCUT2D eigenvalue weighted by molar-refractivity contribution is 5.91. The molecule has 1 aromatic rings. The van der Waals surface area contributed by atoms with Gasteiger partial charge >= 0.3 is 0 Å². The maximum absolute atomic E-state index is 12.7. The van der Waals surface area contributed by atoms with Crippen LogP contribution >= 0.6 is 0 Å². The molecule has 0 bridgehead atoms. The van der Waals surface area contributed by atoms with E-state index in [1.807, 2.05) is 0 Å². The molecule has 1 saturated heterocycles. The number of ether oxygens (including phenoxy) is 1. The minimum absolute atomic E-state index is 0.123. The summed E-state index contributed by atoms with van der Waals surface area (Å²) in [7, 11) is 0. The number of hydrogen-bond acceptors (Lipinski definition) is 2. The third-order valence-corrected chi connectivity index (χ3v) is 3.27. The van der Waals surface area contributed by atoms with Crippen LogP contribution in [0.25, 0.3) is 6.08 Å². The molecule has 0 spiro atoms. The molecule has 0 aliphatic carbocycles. The summed E-state index contributed by atoms with van der Waals surface area (Å²) in [6, 6.07) is 6.02. The predicted octanol–water partition coefficient (Wildman–Crippen LogP) is -0.130. The molecule has 0 radical (unpaired) electrons.